The lowest BCUT2D eigenvalue weighted by Gasteiger charge is -2.07. The fraction of sp³-hybridized carbons (Fsp3) is 0. The second kappa shape index (κ2) is 5.06. The van der Waals surface area contributed by atoms with Gasteiger partial charge in [-0.25, -0.2) is 0 Å². The molecule has 3 nitrogen and oxygen atoms in total. The van der Waals surface area contributed by atoms with Gasteiger partial charge in [0.1, 0.15) is 0 Å². The van der Waals surface area contributed by atoms with Crippen LogP contribution in [0.4, 0.5) is 0 Å². The molecule has 4 heterocycles. The third-order valence-corrected chi connectivity index (χ3v) is 6.86. The van der Waals surface area contributed by atoms with Crippen LogP contribution < -0.4 is 0 Å². The number of hydrogen-bond acceptors (Lipinski definition) is 3. The number of fused-ring (bicyclic) bond motifs is 12. The monoisotopic (exact) mass is 375 g/mol. The molecule has 0 aliphatic rings. The first-order valence-corrected chi connectivity index (χ1v) is 10.1. The topological polar surface area (TPSA) is 41.6 Å². The molecule has 7 rings (SSSR count). The molecule has 0 aliphatic carbocycles. The molecule has 4 heteroatoms. The number of para-hydroxylation sites is 1. The third kappa shape index (κ3) is 1.69. The maximum Gasteiger partial charge on any atom is 0.0891 e. The lowest BCUT2D eigenvalue weighted by atomic mass is 9.99. The van der Waals surface area contributed by atoms with Gasteiger partial charge in [0.2, 0.25) is 0 Å². The van der Waals surface area contributed by atoms with Gasteiger partial charge in [0, 0.05) is 48.7 Å². The van der Waals surface area contributed by atoms with Crippen molar-refractivity contribution in [2.24, 2.45) is 0 Å². The fourth-order valence-corrected chi connectivity index (χ4v) is 5.73. The van der Waals surface area contributed by atoms with Crippen molar-refractivity contribution in [3.8, 4) is 0 Å². The van der Waals surface area contributed by atoms with Gasteiger partial charge in [-0.3, -0.25) is 9.97 Å². The Morgan fingerprint density at radius 2 is 1.54 bits per heavy atom. The third-order valence-electron chi connectivity index (χ3n) is 5.68. The molecule has 0 spiro atoms. The molecule has 0 saturated carbocycles. The van der Waals surface area contributed by atoms with Crippen molar-refractivity contribution >= 4 is 75.1 Å². The molecular formula is C24H13N3S. The maximum atomic E-state index is 4.93. The quantitative estimate of drug-likeness (QED) is 0.297. The molecule has 0 unspecified atom stereocenters. The van der Waals surface area contributed by atoms with Crippen molar-refractivity contribution in [2.75, 3.05) is 0 Å². The summed E-state index contributed by atoms with van der Waals surface area (Å²) in [6, 6.07) is 21.3. The number of nitrogens with zero attached hydrogens (tertiary/aromatic N) is 2. The first-order chi connectivity index (χ1) is 13.9. The lowest BCUT2D eigenvalue weighted by Crippen LogP contribution is -1.87. The van der Waals surface area contributed by atoms with Gasteiger partial charge in [0.05, 0.1) is 27.4 Å². The smallest absolute Gasteiger partial charge is 0.0891 e. The number of nitrogens with one attached hydrogen (secondary N) is 1. The number of aromatic amines is 1. The highest BCUT2D eigenvalue weighted by atomic mass is 32.1. The van der Waals surface area contributed by atoms with Crippen LogP contribution in [0.5, 0.6) is 0 Å². The molecular weight excluding hydrogens is 362 g/mol. The van der Waals surface area contributed by atoms with Gasteiger partial charge in [0.15, 0.2) is 0 Å². The average Bonchev–Trinajstić information content (AvgIpc) is 3.32. The first kappa shape index (κ1) is 14.5. The van der Waals surface area contributed by atoms with E-state index in [1.54, 1.807) is 0 Å². The summed E-state index contributed by atoms with van der Waals surface area (Å²) in [4.78, 5) is 13.2. The summed E-state index contributed by atoms with van der Waals surface area (Å²) < 4.78 is 2.56. The van der Waals surface area contributed by atoms with E-state index < -0.39 is 0 Å². The van der Waals surface area contributed by atoms with E-state index in [0.717, 1.165) is 21.9 Å². The van der Waals surface area contributed by atoms with Gasteiger partial charge in [-0.15, -0.1) is 11.3 Å². The van der Waals surface area contributed by atoms with E-state index in [1.807, 2.05) is 29.8 Å². The number of benzene rings is 3. The Labute approximate surface area is 163 Å². The van der Waals surface area contributed by atoms with E-state index in [0.29, 0.717) is 0 Å². The van der Waals surface area contributed by atoms with Gasteiger partial charge in [-0.1, -0.05) is 42.5 Å². The summed E-state index contributed by atoms with van der Waals surface area (Å²) in [6.07, 6.45) is 3.74. The number of aromatic nitrogens is 3. The molecule has 0 amide bonds. The van der Waals surface area contributed by atoms with Crippen molar-refractivity contribution in [1.82, 2.24) is 15.0 Å². The SMILES string of the molecule is c1ccc2c(c1)[nH]c1c3sc4ccccc4c3c3ncc4ncccc4c3c21. The predicted molar refractivity (Wildman–Crippen MR) is 119 cm³/mol. The first-order valence-electron chi connectivity index (χ1n) is 9.27. The second-order valence-corrected chi connectivity index (χ2v) is 8.19. The van der Waals surface area contributed by atoms with E-state index in [9.17, 15) is 0 Å². The van der Waals surface area contributed by atoms with E-state index in [1.165, 1.54) is 41.8 Å². The highest BCUT2D eigenvalue weighted by molar-refractivity contribution is 7.27. The minimum absolute atomic E-state index is 0.931. The maximum absolute atomic E-state index is 4.93. The van der Waals surface area contributed by atoms with Crippen LogP contribution in [0.3, 0.4) is 0 Å². The minimum Gasteiger partial charge on any atom is -0.353 e. The molecule has 0 aliphatic heterocycles. The Bertz CT molecular complexity index is 1720. The summed E-state index contributed by atoms with van der Waals surface area (Å²) in [5, 5.41) is 7.33. The summed E-state index contributed by atoms with van der Waals surface area (Å²) in [5.41, 5.74) is 4.35. The van der Waals surface area contributed by atoms with Crippen LogP contribution in [0.2, 0.25) is 0 Å². The lowest BCUT2D eigenvalue weighted by molar-refractivity contribution is 1.37. The summed E-state index contributed by atoms with van der Waals surface area (Å²) in [6.45, 7) is 0. The van der Waals surface area contributed by atoms with Crippen molar-refractivity contribution in [3.63, 3.8) is 0 Å². The second-order valence-electron chi connectivity index (χ2n) is 7.14. The van der Waals surface area contributed by atoms with E-state index in [4.69, 9.17) is 4.98 Å². The Morgan fingerprint density at radius 3 is 2.50 bits per heavy atom. The van der Waals surface area contributed by atoms with Gasteiger partial charge in [-0.2, -0.15) is 0 Å². The van der Waals surface area contributed by atoms with Crippen LogP contribution in [-0.4, -0.2) is 15.0 Å². The van der Waals surface area contributed by atoms with Crippen molar-refractivity contribution in [3.05, 3.63) is 73.1 Å². The molecule has 0 bridgehead atoms. The van der Waals surface area contributed by atoms with Crippen LogP contribution in [0.15, 0.2) is 73.1 Å². The summed E-state index contributed by atoms with van der Waals surface area (Å²) in [7, 11) is 0. The molecule has 0 atom stereocenters. The Morgan fingerprint density at radius 1 is 0.714 bits per heavy atom. The molecule has 130 valence electrons. The summed E-state index contributed by atoms with van der Waals surface area (Å²) in [5.74, 6) is 0. The van der Waals surface area contributed by atoms with Gasteiger partial charge < -0.3 is 4.98 Å². The molecule has 7 aromatic rings. The van der Waals surface area contributed by atoms with Gasteiger partial charge in [0.25, 0.3) is 0 Å². The molecule has 0 radical (unpaired) electrons. The Balaban J connectivity index is 1.95. The van der Waals surface area contributed by atoms with Crippen LogP contribution >= 0.6 is 11.3 Å². The van der Waals surface area contributed by atoms with Crippen molar-refractivity contribution < 1.29 is 0 Å². The van der Waals surface area contributed by atoms with Crippen LogP contribution in [0.1, 0.15) is 0 Å². The molecule has 4 aromatic heterocycles. The van der Waals surface area contributed by atoms with Crippen molar-refractivity contribution in [2.45, 2.75) is 0 Å². The number of hydrogen-bond donors (Lipinski definition) is 1. The number of H-pyrrole nitrogens is 1. The molecule has 28 heavy (non-hydrogen) atoms. The van der Waals surface area contributed by atoms with Crippen LogP contribution in [0.25, 0.3) is 63.8 Å². The number of pyridine rings is 2. The van der Waals surface area contributed by atoms with E-state index >= 15 is 0 Å². The molecule has 3 aromatic carbocycles. The van der Waals surface area contributed by atoms with Crippen LogP contribution in [-0.2, 0) is 0 Å². The zero-order valence-electron chi connectivity index (χ0n) is 14.7. The van der Waals surface area contributed by atoms with E-state index in [2.05, 4.69) is 64.6 Å². The standard InChI is InChI=1S/C24H13N3S/c1-3-9-16-13(6-1)20-19-14-8-5-11-25-17(14)12-26-22(19)21-15-7-2-4-10-18(15)28-24(21)23(20)27-16/h1-12,27H. The molecule has 1 N–H and O–H groups in total. The van der Waals surface area contributed by atoms with Crippen LogP contribution in [0, 0.1) is 0 Å². The Hall–Kier alpha value is -3.50. The zero-order valence-corrected chi connectivity index (χ0v) is 15.5. The molecule has 0 saturated heterocycles. The zero-order chi connectivity index (χ0) is 18.2. The van der Waals surface area contributed by atoms with Gasteiger partial charge in [-0.05, 0) is 18.2 Å². The number of rotatable bonds is 0. The van der Waals surface area contributed by atoms with E-state index in [-0.39, 0.29) is 0 Å². The molecule has 0 fully saturated rings. The van der Waals surface area contributed by atoms with Crippen molar-refractivity contribution in [1.29, 1.82) is 0 Å². The largest absolute Gasteiger partial charge is 0.353 e. The van der Waals surface area contributed by atoms with Gasteiger partial charge >= 0.3 is 0 Å². The minimum atomic E-state index is 0.931. The normalized spacial score (nSPS) is 12.3. The highest BCUT2D eigenvalue weighted by Crippen LogP contribution is 2.46. The number of thiophene rings is 1. The summed E-state index contributed by atoms with van der Waals surface area (Å²) >= 11 is 1.84. The average molecular weight is 375 g/mol. The Kier molecular flexibility index (Phi) is 2.63. The predicted octanol–water partition coefficient (Wildman–Crippen LogP) is 6.79. The highest BCUT2D eigenvalue weighted by Gasteiger charge is 2.19. The fourth-order valence-electron chi connectivity index (χ4n) is 4.52.